The summed E-state index contributed by atoms with van der Waals surface area (Å²) in [6.45, 7) is 8.70. The smallest absolute Gasteiger partial charge is 0.148 e. The lowest BCUT2D eigenvalue weighted by Gasteiger charge is -2.29. The third-order valence-corrected chi connectivity index (χ3v) is 27.0. The van der Waals surface area contributed by atoms with Crippen LogP contribution in [-0.2, 0) is 0 Å². The molecule has 25 rings (SSSR count). The minimum atomic E-state index is -0.307. The number of fused-ring (bicyclic) bond motifs is 12. The van der Waals surface area contributed by atoms with Crippen LogP contribution < -0.4 is 29.1 Å². The maximum absolute atomic E-state index is 17.1. The van der Waals surface area contributed by atoms with E-state index in [1.165, 1.54) is 76.3 Å². The number of hydrogen-bond acceptors (Lipinski definition) is 6. The van der Waals surface area contributed by atoms with Gasteiger partial charge in [-0.15, -0.1) is 0 Å². The first-order valence-corrected chi connectivity index (χ1v) is 46.8. The zero-order valence-electron chi connectivity index (χ0n) is 76.1. The third-order valence-electron chi connectivity index (χ3n) is 27.0. The van der Waals surface area contributed by atoms with E-state index in [0.29, 0.717) is 5.69 Å². The second kappa shape index (κ2) is 34.8. The van der Waals surface area contributed by atoms with Crippen LogP contribution >= 0.6 is 0 Å². The molecular weight excluding hydrogens is 1670 g/mol. The molecule has 7 heteroatoms. The second-order valence-electron chi connectivity index (χ2n) is 35.8. The molecule has 650 valence electrons. The average Bonchev–Trinajstić information content (AvgIpc) is 0.712. The van der Waals surface area contributed by atoms with Crippen molar-refractivity contribution < 1.29 is 13.9 Å². The molecule has 137 heavy (non-hydrogen) atoms. The zero-order valence-corrected chi connectivity index (χ0v) is 76.1. The molecule has 0 saturated carbocycles. The molecule has 0 saturated heterocycles. The predicted molar refractivity (Wildman–Crippen MR) is 574 cm³/mol. The van der Waals surface area contributed by atoms with Crippen LogP contribution in [0.3, 0.4) is 0 Å². The number of ether oxygens (including phenoxy) is 2. The first kappa shape index (κ1) is 82.5. The molecule has 6 nitrogen and oxygen atoms in total. The maximum atomic E-state index is 17.1. The molecule has 0 atom stereocenters. The van der Waals surface area contributed by atoms with E-state index in [4.69, 9.17) is 9.47 Å². The third kappa shape index (κ3) is 15.1. The van der Waals surface area contributed by atoms with Crippen molar-refractivity contribution in [3.05, 3.63) is 507 Å². The highest BCUT2D eigenvalue weighted by atomic mass is 19.1. The number of benzene rings is 23. The normalized spacial score (nSPS) is 11.7. The fraction of sp³-hybridized carbons (Fsp3) is 0.0308. The van der Waals surface area contributed by atoms with Gasteiger partial charge in [0.05, 0.1) is 22.7 Å². The SMILES string of the molecule is Cc1ccc2c(N(c3ccccc3)c3ccccc3)cc3c4cc(C)cc5c4c(cc3c2c1)-c1ccc(-c2ccc(N(c3ccccc3)c3c(F)cc(-c4ccccc4)cc3-c3ccccc3)cc2)cc1O5.Cc1ccc2c(N(c3ccccc3)c3ccccc3)cc3c4cc(C)cc5c4c(cc3c2c1)-c1ccc(-c2ccc(N(c3ccccc3)c3ccccc3-c3ccccc3)cc2)cc1O5. The Morgan fingerprint density at radius 2 is 0.474 bits per heavy atom. The maximum Gasteiger partial charge on any atom is 0.148 e. The predicted octanol–water partition coefficient (Wildman–Crippen LogP) is 37.4. The van der Waals surface area contributed by atoms with Gasteiger partial charge in [0.15, 0.2) is 0 Å². The monoisotopic (exact) mass is 1760 g/mol. The van der Waals surface area contributed by atoms with Crippen LogP contribution in [0.15, 0.2) is 479 Å². The van der Waals surface area contributed by atoms with Gasteiger partial charge in [0.2, 0.25) is 0 Å². The standard InChI is InChI=1S/C68H47FN2O.C62H44N2O/c1-44-28-34-55-58(36-44)59-42-62-56-35-31-49(41-65(56)72-66-38-45(2)37-61(67(62)66)60(59)43-64(55)70(51-22-12-5-13-23-51)52-24-14-6-15-25-52)47-29-32-54(33-30-47)71(53-26-16-7-17-27-53)68-57(48-20-10-4-11-21-48)39-50(40-63(68)69)46-18-8-3-9-19-46;1-41-27-33-51-53(35-41)54-39-57-52-34-30-45(43-28-31-49(32-29-43)63(46-19-9-4-10-20-46)58-26-16-15-25-50(58)44-17-7-3-8-18-44)38-60(52)65-61-37-42(2)36-56(62(57)61)55(54)40-59(51)64(47-21-11-5-12-22-47)48-23-13-6-14-24-48/h3-43H,1-2H3;3-40H,1-2H3. The van der Waals surface area contributed by atoms with Crippen molar-refractivity contribution >= 4 is 133 Å². The van der Waals surface area contributed by atoms with E-state index in [1.54, 1.807) is 6.07 Å². The Labute approximate surface area is 796 Å². The van der Waals surface area contributed by atoms with Crippen LogP contribution in [0.1, 0.15) is 22.3 Å². The molecule has 0 aromatic heterocycles. The lowest BCUT2D eigenvalue weighted by atomic mass is 9.86. The minimum Gasteiger partial charge on any atom is -0.456 e. The molecule has 23 aromatic rings. The number of anilines is 12. The number of rotatable bonds is 17. The molecule has 0 N–H and O–H groups in total. The van der Waals surface area contributed by atoms with Crippen LogP contribution in [0.5, 0.6) is 23.0 Å². The van der Waals surface area contributed by atoms with Crippen LogP contribution in [0, 0.1) is 33.5 Å². The van der Waals surface area contributed by atoms with E-state index in [1.807, 2.05) is 95.9 Å². The van der Waals surface area contributed by atoms with Gasteiger partial charge >= 0.3 is 0 Å². The zero-order chi connectivity index (χ0) is 91.7. The van der Waals surface area contributed by atoms with Crippen LogP contribution in [0.4, 0.5) is 72.6 Å². The van der Waals surface area contributed by atoms with E-state index in [0.717, 1.165) is 174 Å². The van der Waals surface area contributed by atoms with Gasteiger partial charge in [-0.2, -0.15) is 0 Å². The lowest BCUT2D eigenvalue weighted by molar-refractivity contribution is 0.486. The van der Waals surface area contributed by atoms with Gasteiger partial charge in [0.25, 0.3) is 0 Å². The van der Waals surface area contributed by atoms with Gasteiger partial charge in [-0.05, 0) is 313 Å². The Morgan fingerprint density at radius 3 is 0.883 bits per heavy atom. The van der Waals surface area contributed by atoms with Crippen LogP contribution in [0.25, 0.3) is 143 Å². The second-order valence-corrected chi connectivity index (χ2v) is 35.8. The van der Waals surface area contributed by atoms with Gasteiger partial charge in [-0.1, -0.05) is 314 Å². The highest BCUT2D eigenvalue weighted by Crippen LogP contribution is 2.57. The Kier molecular flexibility index (Phi) is 21.0. The Balaban J connectivity index is 0.000000150. The summed E-state index contributed by atoms with van der Waals surface area (Å²) >= 11 is 0. The summed E-state index contributed by atoms with van der Waals surface area (Å²) in [5, 5.41) is 14.3. The average molecular weight is 1760 g/mol. The summed E-state index contributed by atoms with van der Waals surface area (Å²) in [6.07, 6.45) is 0. The van der Waals surface area contributed by atoms with Crippen LogP contribution in [0.2, 0.25) is 0 Å². The van der Waals surface area contributed by atoms with E-state index in [9.17, 15) is 0 Å². The molecule has 0 aliphatic carbocycles. The fourth-order valence-corrected chi connectivity index (χ4v) is 20.7. The Hall–Kier alpha value is -17.7. The number of aryl methyl sites for hydroxylation is 4. The van der Waals surface area contributed by atoms with Crippen molar-refractivity contribution in [1.82, 2.24) is 0 Å². The van der Waals surface area contributed by atoms with Gasteiger partial charge < -0.3 is 29.1 Å². The summed E-state index contributed by atoms with van der Waals surface area (Å²) in [4.78, 5) is 9.15. The highest BCUT2D eigenvalue weighted by molar-refractivity contribution is 6.28. The number of para-hydroxylation sites is 7. The molecular formula is C130H91FN4O2. The summed E-state index contributed by atoms with van der Waals surface area (Å²) < 4.78 is 31.1. The topological polar surface area (TPSA) is 31.4 Å². The largest absolute Gasteiger partial charge is 0.456 e. The number of nitrogens with zero attached hydrogens (tertiary/aromatic N) is 4. The van der Waals surface area contributed by atoms with Crippen molar-refractivity contribution in [2.24, 2.45) is 0 Å². The number of halogens is 1. The Morgan fingerprint density at radius 1 is 0.168 bits per heavy atom. The van der Waals surface area contributed by atoms with Gasteiger partial charge in [-0.3, -0.25) is 0 Å². The van der Waals surface area contributed by atoms with Crippen molar-refractivity contribution in [2.75, 3.05) is 19.6 Å². The van der Waals surface area contributed by atoms with Gasteiger partial charge in [0.1, 0.15) is 28.8 Å². The summed E-state index contributed by atoms with van der Waals surface area (Å²) in [5.41, 5.74) is 31.6. The lowest BCUT2D eigenvalue weighted by Crippen LogP contribution is -2.13. The van der Waals surface area contributed by atoms with E-state index in [2.05, 4.69) is 425 Å². The van der Waals surface area contributed by atoms with E-state index >= 15 is 4.39 Å². The molecule has 0 fully saturated rings. The van der Waals surface area contributed by atoms with Gasteiger partial charge in [0, 0.05) is 89.3 Å². The van der Waals surface area contributed by atoms with E-state index < -0.39 is 0 Å². The molecule has 0 amide bonds. The fourth-order valence-electron chi connectivity index (χ4n) is 20.7. The molecule has 2 aliphatic heterocycles. The van der Waals surface area contributed by atoms with Crippen LogP contribution in [-0.4, -0.2) is 0 Å². The highest BCUT2D eigenvalue weighted by Gasteiger charge is 2.31. The van der Waals surface area contributed by atoms with Crippen molar-refractivity contribution in [3.8, 4) is 101 Å². The first-order chi connectivity index (χ1) is 67.5. The minimum absolute atomic E-state index is 0.307. The molecule has 23 aromatic carbocycles. The molecule has 0 unspecified atom stereocenters. The first-order valence-electron chi connectivity index (χ1n) is 46.8. The van der Waals surface area contributed by atoms with Gasteiger partial charge in [-0.25, -0.2) is 4.39 Å². The molecule has 0 bridgehead atoms. The number of hydrogen-bond donors (Lipinski definition) is 0. The molecule has 2 aliphatic rings. The van der Waals surface area contributed by atoms with E-state index in [-0.39, 0.29) is 5.82 Å². The summed E-state index contributed by atoms with van der Waals surface area (Å²) in [7, 11) is 0. The summed E-state index contributed by atoms with van der Waals surface area (Å²) in [6, 6.07) is 169. The van der Waals surface area contributed by atoms with Crippen molar-refractivity contribution in [2.45, 2.75) is 27.7 Å². The molecule has 0 radical (unpaired) electrons. The summed E-state index contributed by atoms with van der Waals surface area (Å²) in [5.74, 6) is 3.11. The molecule has 0 spiro atoms. The molecule has 2 heterocycles. The van der Waals surface area contributed by atoms with Crippen molar-refractivity contribution in [1.29, 1.82) is 0 Å². The van der Waals surface area contributed by atoms with Crippen molar-refractivity contribution in [3.63, 3.8) is 0 Å². The quantitative estimate of drug-likeness (QED) is 0.0845. The Bertz CT molecular complexity index is 8510.